The SMILES string of the molecule is CCCCCCCCOC(=O)CC(CC(=O)OCCCCCCCC)(OC(=O)CCCCCCN1CCCC1)C(=O)OCCCCCCCC. The first-order valence-electron chi connectivity index (χ1n) is 20.8. The Hall–Kier alpha value is -2.16. The number of hydrogen-bond donors (Lipinski definition) is 0. The minimum Gasteiger partial charge on any atom is -0.466 e. The van der Waals surface area contributed by atoms with E-state index in [0.717, 1.165) is 103 Å². The number of rotatable bonds is 34. The summed E-state index contributed by atoms with van der Waals surface area (Å²) >= 11 is 0. The molecule has 1 aliphatic heterocycles. The minimum absolute atomic E-state index is 0.0930. The van der Waals surface area contributed by atoms with Crippen LogP contribution < -0.4 is 0 Å². The first-order chi connectivity index (χ1) is 24.4. The fraction of sp³-hybridized carbons (Fsp3) is 0.902. The number of carbonyl (C=O) groups excluding carboxylic acids is 4. The smallest absolute Gasteiger partial charge is 0.351 e. The number of likely N-dealkylation sites (tertiary alicyclic amines) is 1. The predicted octanol–water partition coefficient (Wildman–Crippen LogP) is 9.81. The summed E-state index contributed by atoms with van der Waals surface area (Å²) in [6, 6.07) is 0. The molecule has 0 aromatic heterocycles. The average molecular weight is 710 g/mol. The van der Waals surface area contributed by atoms with Crippen molar-refractivity contribution < 1.29 is 38.1 Å². The number of ether oxygens (including phenoxy) is 4. The van der Waals surface area contributed by atoms with Gasteiger partial charge in [0.05, 0.1) is 32.7 Å². The molecule has 0 aromatic carbocycles. The lowest BCUT2D eigenvalue weighted by Gasteiger charge is -2.30. The minimum atomic E-state index is -2.12. The maximum atomic E-state index is 13.8. The van der Waals surface area contributed by atoms with Crippen LogP contribution in [-0.2, 0) is 38.1 Å². The van der Waals surface area contributed by atoms with Crippen LogP contribution in [-0.4, -0.2) is 73.8 Å². The highest BCUT2D eigenvalue weighted by atomic mass is 16.6. The van der Waals surface area contributed by atoms with Crippen LogP contribution >= 0.6 is 0 Å². The molecule has 0 atom stereocenters. The fourth-order valence-corrected chi connectivity index (χ4v) is 6.44. The van der Waals surface area contributed by atoms with E-state index in [2.05, 4.69) is 25.7 Å². The molecule has 1 rings (SSSR count). The Kier molecular flexibility index (Phi) is 29.0. The molecule has 0 aliphatic carbocycles. The Morgan fingerprint density at radius 2 is 0.880 bits per heavy atom. The van der Waals surface area contributed by atoms with Gasteiger partial charge in [-0.1, -0.05) is 130 Å². The van der Waals surface area contributed by atoms with Crippen molar-refractivity contribution in [3.8, 4) is 0 Å². The van der Waals surface area contributed by atoms with Gasteiger partial charge in [-0.05, 0) is 64.6 Å². The summed E-state index contributed by atoms with van der Waals surface area (Å²) in [5.74, 6) is -2.87. The van der Waals surface area contributed by atoms with Crippen LogP contribution in [0, 0.1) is 0 Å². The third-order valence-electron chi connectivity index (χ3n) is 9.60. The second-order valence-corrected chi connectivity index (χ2v) is 14.4. The van der Waals surface area contributed by atoms with Crippen molar-refractivity contribution in [1.29, 1.82) is 0 Å². The molecule has 0 saturated carbocycles. The molecule has 9 nitrogen and oxygen atoms in total. The zero-order valence-electron chi connectivity index (χ0n) is 32.5. The molecule has 0 unspecified atom stereocenters. The van der Waals surface area contributed by atoms with Crippen molar-refractivity contribution in [1.82, 2.24) is 4.90 Å². The quantitative estimate of drug-likeness (QED) is 0.0366. The van der Waals surface area contributed by atoms with Crippen LogP contribution in [0.4, 0.5) is 0 Å². The van der Waals surface area contributed by atoms with Crippen molar-refractivity contribution in [3.05, 3.63) is 0 Å². The van der Waals surface area contributed by atoms with Crippen molar-refractivity contribution in [3.63, 3.8) is 0 Å². The number of hydrogen-bond acceptors (Lipinski definition) is 9. The molecule has 0 aromatic rings. The number of unbranched alkanes of at least 4 members (excludes halogenated alkanes) is 18. The van der Waals surface area contributed by atoms with E-state index in [9.17, 15) is 19.2 Å². The van der Waals surface area contributed by atoms with Gasteiger partial charge < -0.3 is 23.8 Å². The van der Waals surface area contributed by atoms with Gasteiger partial charge in [-0.3, -0.25) is 14.4 Å². The highest BCUT2D eigenvalue weighted by Gasteiger charge is 2.49. The van der Waals surface area contributed by atoms with E-state index in [-0.39, 0.29) is 26.2 Å². The van der Waals surface area contributed by atoms with E-state index in [0.29, 0.717) is 25.7 Å². The molecule has 50 heavy (non-hydrogen) atoms. The zero-order valence-corrected chi connectivity index (χ0v) is 32.5. The summed E-state index contributed by atoms with van der Waals surface area (Å²) < 4.78 is 22.5. The first-order valence-corrected chi connectivity index (χ1v) is 20.8. The molecule has 1 saturated heterocycles. The van der Waals surface area contributed by atoms with Crippen molar-refractivity contribution in [2.45, 2.75) is 200 Å². The number of carbonyl (C=O) groups is 4. The van der Waals surface area contributed by atoms with E-state index >= 15 is 0 Å². The van der Waals surface area contributed by atoms with Crippen LogP contribution in [0.15, 0.2) is 0 Å². The lowest BCUT2D eigenvalue weighted by atomic mass is 9.94. The van der Waals surface area contributed by atoms with E-state index in [1.165, 1.54) is 45.2 Å². The molecule has 292 valence electrons. The van der Waals surface area contributed by atoms with Crippen LogP contribution in [0.2, 0.25) is 0 Å². The molecule has 0 bridgehead atoms. The largest absolute Gasteiger partial charge is 0.466 e. The lowest BCUT2D eigenvalue weighted by Crippen LogP contribution is -2.48. The average Bonchev–Trinajstić information content (AvgIpc) is 3.62. The number of esters is 4. The summed E-state index contributed by atoms with van der Waals surface area (Å²) in [7, 11) is 0. The van der Waals surface area contributed by atoms with E-state index in [4.69, 9.17) is 18.9 Å². The molecule has 0 amide bonds. The Balaban J connectivity index is 2.90. The third-order valence-corrected chi connectivity index (χ3v) is 9.60. The maximum absolute atomic E-state index is 13.8. The van der Waals surface area contributed by atoms with Gasteiger partial charge in [0.1, 0.15) is 0 Å². The van der Waals surface area contributed by atoms with Gasteiger partial charge in [0, 0.05) is 6.42 Å². The van der Waals surface area contributed by atoms with Crippen molar-refractivity contribution in [2.24, 2.45) is 0 Å². The van der Waals surface area contributed by atoms with E-state index in [1.807, 2.05) is 0 Å². The first kappa shape index (κ1) is 45.9. The van der Waals surface area contributed by atoms with Gasteiger partial charge in [-0.15, -0.1) is 0 Å². The summed E-state index contributed by atoms with van der Waals surface area (Å²) in [6.07, 6.45) is 23.5. The Bertz CT molecular complexity index is 841. The van der Waals surface area contributed by atoms with Crippen molar-refractivity contribution in [2.75, 3.05) is 39.5 Å². The fourth-order valence-electron chi connectivity index (χ4n) is 6.44. The topological polar surface area (TPSA) is 108 Å². The Morgan fingerprint density at radius 3 is 1.36 bits per heavy atom. The van der Waals surface area contributed by atoms with Gasteiger partial charge >= 0.3 is 23.9 Å². The van der Waals surface area contributed by atoms with Gasteiger partial charge in [0.2, 0.25) is 5.60 Å². The molecule has 1 heterocycles. The normalized spacial score (nSPS) is 13.3. The van der Waals surface area contributed by atoms with E-state index in [1.54, 1.807) is 0 Å². The summed E-state index contributed by atoms with van der Waals surface area (Å²) in [5.41, 5.74) is -2.12. The molecule has 0 spiro atoms. The highest BCUT2D eigenvalue weighted by molar-refractivity contribution is 5.92. The summed E-state index contributed by atoms with van der Waals surface area (Å²) in [5, 5.41) is 0. The molecule has 1 fully saturated rings. The second-order valence-electron chi connectivity index (χ2n) is 14.4. The molecule has 0 N–H and O–H groups in total. The summed E-state index contributed by atoms with van der Waals surface area (Å²) in [6.45, 7) is 10.5. The Labute approximate surface area is 305 Å². The van der Waals surface area contributed by atoms with Crippen molar-refractivity contribution >= 4 is 23.9 Å². The summed E-state index contributed by atoms with van der Waals surface area (Å²) in [4.78, 5) is 55.9. The number of nitrogens with zero attached hydrogens (tertiary/aromatic N) is 1. The van der Waals surface area contributed by atoms with Gasteiger partial charge in [0.25, 0.3) is 0 Å². The van der Waals surface area contributed by atoms with Gasteiger partial charge in [-0.25, -0.2) is 4.79 Å². The Morgan fingerprint density at radius 1 is 0.480 bits per heavy atom. The van der Waals surface area contributed by atoms with Crippen LogP contribution in [0.3, 0.4) is 0 Å². The molecule has 0 radical (unpaired) electrons. The third kappa shape index (κ3) is 24.1. The highest BCUT2D eigenvalue weighted by Crippen LogP contribution is 2.27. The van der Waals surface area contributed by atoms with Gasteiger partial charge in [-0.2, -0.15) is 0 Å². The van der Waals surface area contributed by atoms with Crippen LogP contribution in [0.25, 0.3) is 0 Å². The van der Waals surface area contributed by atoms with Crippen LogP contribution in [0.1, 0.15) is 194 Å². The molecule has 9 heteroatoms. The lowest BCUT2D eigenvalue weighted by molar-refractivity contribution is -0.191. The van der Waals surface area contributed by atoms with E-state index < -0.39 is 42.3 Å². The molecular weight excluding hydrogens is 634 g/mol. The predicted molar refractivity (Wildman–Crippen MR) is 200 cm³/mol. The van der Waals surface area contributed by atoms with Gasteiger partial charge in [0.15, 0.2) is 0 Å². The second kappa shape index (κ2) is 31.6. The zero-order chi connectivity index (χ0) is 36.5. The monoisotopic (exact) mass is 710 g/mol. The molecule has 1 aliphatic rings. The molecular formula is C41H75NO8. The maximum Gasteiger partial charge on any atom is 0.351 e. The standard InChI is InChI=1S/C41H75NO8/c1-4-7-10-13-18-25-32-47-38(44)35-41(40(46)49-34-27-20-15-12-9-6-3,36-39(45)48-33-26-19-14-11-8-5-2)50-37(43)28-21-16-17-22-29-42-30-23-24-31-42/h4-36H2,1-3H3. The van der Waals surface area contributed by atoms with Crippen LogP contribution in [0.5, 0.6) is 0 Å².